The summed E-state index contributed by atoms with van der Waals surface area (Å²) in [5, 5.41) is 9.57. The zero-order valence-electron chi connectivity index (χ0n) is 14.1. The number of carbonyl (C=O) groups is 1. The lowest BCUT2D eigenvalue weighted by molar-refractivity contribution is -0.127. The Hall–Kier alpha value is -1.96. The van der Waals surface area contributed by atoms with Gasteiger partial charge in [0.2, 0.25) is 5.91 Å². The van der Waals surface area contributed by atoms with Gasteiger partial charge >= 0.3 is 0 Å². The van der Waals surface area contributed by atoms with E-state index in [-0.39, 0.29) is 11.7 Å². The quantitative estimate of drug-likeness (QED) is 0.578. The molecule has 1 amide bonds. The Morgan fingerprint density at radius 1 is 1.31 bits per heavy atom. The first-order chi connectivity index (χ1) is 12.5. The van der Waals surface area contributed by atoms with Crippen molar-refractivity contribution in [3.8, 4) is 5.75 Å². The van der Waals surface area contributed by atoms with Crippen molar-refractivity contribution >= 4 is 46.5 Å². The number of carbonyl (C=O) groups excluding carboxylic acids is 1. The van der Waals surface area contributed by atoms with Gasteiger partial charge in [0.15, 0.2) is 10.8 Å². The minimum Gasteiger partial charge on any atom is -0.497 e. The van der Waals surface area contributed by atoms with Crippen molar-refractivity contribution in [1.29, 1.82) is 0 Å². The molecule has 0 unspecified atom stereocenters. The second-order valence-corrected chi connectivity index (χ2v) is 7.36. The highest BCUT2D eigenvalue weighted by atomic mass is 35.5. The molecule has 0 bridgehead atoms. The molecule has 1 aromatic carbocycles. The van der Waals surface area contributed by atoms with Crippen molar-refractivity contribution in [2.24, 2.45) is 0 Å². The Labute approximate surface area is 165 Å². The topological polar surface area (TPSA) is 59.7 Å². The van der Waals surface area contributed by atoms with Crippen LogP contribution in [0.4, 0.5) is 0 Å². The third-order valence-electron chi connectivity index (χ3n) is 3.70. The molecule has 0 aliphatic carbocycles. The number of nitrogens with zero attached hydrogens (tertiary/aromatic N) is 4. The molecule has 26 heavy (non-hydrogen) atoms. The highest BCUT2D eigenvalue weighted by Crippen LogP contribution is 2.25. The minimum atomic E-state index is -0.0253. The summed E-state index contributed by atoms with van der Waals surface area (Å²) in [6.07, 6.45) is 1.68. The Balaban J connectivity index is 1.65. The number of ether oxygens (including phenoxy) is 1. The first kappa shape index (κ1) is 18.8. The van der Waals surface area contributed by atoms with E-state index in [1.54, 1.807) is 35.7 Å². The molecule has 0 aliphatic heterocycles. The van der Waals surface area contributed by atoms with E-state index in [0.717, 1.165) is 11.3 Å². The maximum atomic E-state index is 12.4. The molecule has 9 heteroatoms. The fraction of sp³-hybridized carbons (Fsp3) is 0.235. The number of aromatic nitrogens is 3. The summed E-state index contributed by atoms with van der Waals surface area (Å²) >= 11 is 13.4. The summed E-state index contributed by atoms with van der Waals surface area (Å²) in [4.78, 5) is 14.1. The molecule has 0 saturated carbocycles. The zero-order valence-corrected chi connectivity index (χ0v) is 16.5. The van der Waals surface area contributed by atoms with E-state index < -0.39 is 0 Å². The van der Waals surface area contributed by atoms with Crippen LogP contribution in [0, 0.1) is 0 Å². The summed E-state index contributed by atoms with van der Waals surface area (Å²) in [6.45, 7) is 0.495. The molecule has 0 spiro atoms. The van der Waals surface area contributed by atoms with Gasteiger partial charge in [-0.25, -0.2) is 0 Å². The standard InChI is InChI=1S/C17H16Cl2N4O2S/c1-22(8-11-4-3-5-13(6-11)25-2)15(24)10-26-17-21-20-16-14(19)7-12(18)9-23(16)17/h3-7,9H,8,10H2,1-2H3. The molecular formula is C17H16Cl2N4O2S. The maximum Gasteiger partial charge on any atom is 0.233 e. The largest absolute Gasteiger partial charge is 0.497 e. The number of benzene rings is 1. The van der Waals surface area contributed by atoms with E-state index in [0.29, 0.717) is 27.4 Å². The SMILES string of the molecule is COc1cccc(CN(C)C(=O)CSc2nnc3c(Cl)cc(Cl)cn23)c1. The van der Waals surface area contributed by atoms with Gasteiger partial charge in [-0.3, -0.25) is 9.20 Å². The van der Waals surface area contributed by atoms with Gasteiger partial charge < -0.3 is 9.64 Å². The predicted octanol–water partition coefficient (Wildman–Crippen LogP) is 3.80. The van der Waals surface area contributed by atoms with Crippen LogP contribution >= 0.6 is 35.0 Å². The number of fused-ring (bicyclic) bond motifs is 1. The van der Waals surface area contributed by atoms with Crippen LogP contribution in [0.15, 0.2) is 41.7 Å². The van der Waals surface area contributed by atoms with Crippen LogP contribution < -0.4 is 4.74 Å². The fourth-order valence-corrected chi connectivity index (χ4v) is 3.73. The third kappa shape index (κ3) is 4.23. The van der Waals surface area contributed by atoms with Gasteiger partial charge in [0.1, 0.15) is 5.75 Å². The lowest BCUT2D eigenvalue weighted by Gasteiger charge is -2.17. The van der Waals surface area contributed by atoms with Gasteiger partial charge in [0.25, 0.3) is 0 Å². The molecule has 2 heterocycles. The van der Waals surface area contributed by atoms with Crippen LogP contribution in [0.3, 0.4) is 0 Å². The first-order valence-corrected chi connectivity index (χ1v) is 9.41. The number of amides is 1. The minimum absolute atomic E-state index is 0.0253. The predicted molar refractivity (Wildman–Crippen MR) is 103 cm³/mol. The van der Waals surface area contributed by atoms with Crippen molar-refractivity contribution < 1.29 is 9.53 Å². The average Bonchev–Trinajstić information content (AvgIpc) is 3.03. The smallest absolute Gasteiger partial charge is 0.233 e. The fourth-order valence-electron chi connectivity index (χ4n) is 2.37. The number of thioether (sulfide) groups is 1. The van der Waals surface area contributed by atoms with Crippen LogP contribution in [0.2, 0.25) is 10.0 Å². The number of methoxy groups -OCH3 is 1. The zero-order chi connectivity index (χ0) is 18.7. The van der Waals surface area contributed by atoms with Crippen molar-refractivity contribution in [3.63, 3.8) is 0 Å². The van der Waals surface area contributed by atoms with Gasteiger partial charge in [0, 0.05) is 19.8 Å². The number of rotatable bonds is 6. The van der Waals surface area contributed by atoms with Gasteiger partial charge in [-0.1, -0.05) is 47.1 Å². The van der Waals surface area contributed by atoms with E-state index in [2.05, 4.69) is 10.2 Å². The molecule has 0 radical (unpaired) electrons. The summed E-state index contributed by atoms with van der Waals surface area (Å²) in [6, 6.07) is 9.24. The summed E-state index contributed by atoms with van der Waals surface area (Å²) < 4.78 is 6.89. The van der Waals surface area contributed by atoms with Crippen molar-refractivity contribution in [3.05, 3.63) is 52.1 Å². The number of hydrogen-bond acceptors (Lipinski definition) is 5. The molecule has 2 aromatic heterocycles. The molecule has 0 atom stereocenters. The maximum absolute atomic E-state index is 12.4. The van der Waals surface area contributed by atoms with Crippen LogP contribution in [0.5, 0.6) is 5.75 Å². The van der Waals surface area contributed by atoms with Crippen LogP contribution in [-0.2, 0) is 11.3 Å². The second kappa shape index (κ2) is 8.16. The molecule has 6 nitrogen and oxygen atoms in total. The van der Waals surface area contributed by atoms with Gasteiger partial charge in [-0.15, -0.1) is 10.2 Å². The Morgan fingerprint density at radius 3 is 2.88 bits per heavy atom. The number of halogens is 2. The van der Waals surface area contributed by atoms with Gasteiger partial charge in [-0.2, -0.15) is 0 Å². The molecule has 0 fully saturated rings. The molecule has 0 aliphatic rings. The number of hydrogen-bond donors (Lipinski definition) is 0. The lowest BCUT2D eigenvalue weighted by Crippen LogP contribution is -2.27. The van der Waals surface area contributed by atoms with Gasteiger partial charge in [-0.05, 0) is 23.8 Å². The molecule has 0 N–H and O–H groups in total. The third-order valence-corrected chi connectivity index (χ3v) is 5.11. The highest BCUT2D eigenvalue weighted by molar-refractivity contribution is 7.99. The summed E-state index contributed by atoms with van der Waals surface area (Å²) in [5.74, 6) is 0.967. The molecule has 3 rings (SSSR count). The highest BCUT2D eigenvalue weighted by Gasteiger charge is 2.15. The first-order valence-electron chi connectivity index (χ1n) is 7.67. The van der Waals surface area contributed by atoms with E-state index in [1.807, 2.05) is 24.3 Å². The Morgan fingerprint density at radius 2 is 2.12 bits per heavy atom. The molecule has 0 saturated heterocycles. The van der Waals surface area contributed by atoms with E-state index in [9.17, 15) is 4.79 Å². The van der Waals surface area contributed by atoms with Crippen LogP contribution in [0.1, 0.15) is 5.56 Å². The monoisotopic (exact) mass is 410 g/mol. The van der Waals surface area contributed by atoms with E-state index in [1.165, 1.54) is 11.8 Å². The molecule has 136 valence electrons. The van der Waals surface area contributed by atoms with E-state index in [4.69, 9.17) is 27.9 Å². The van der Waals surface area contributed by atoms with Crippen molar-refractivity contribution in [2.75, 3.05) is 19.9 Å². The van der Waals surface area contributed by atoms with Crippen molar-refractivity contribution in [2.45, 2.75) is 11.7 Å². The summed E-state index contributed by atoms with van der Waals surface area (Å²) in [5.41, 5.74) is 1.51. The van der Waals surface area contributed by atoms with Crippen LogP contribution in [0.25, 0.3) is 5.65 Å². The van der Waals surface area contributed by atoms with Crippen molar-refractivity contribution in [1.82, 2.24) is 19.5 Å². The van der Waals surface area contributed by atoms with E-state index >= 15 is 0 Å². The Kier molecular flexibility index (Phi) is 5.90. The normalized spacial score (nSPS) is 10.9. The van der Waals surface area contributed by atoms with Crippen LogP contribution in [-0.4, -0.2) is 45.3 Å². The lowest BCUT2D eigenvalue weighted by atomic mass is 10.2. The average molecular weight is 411 g/mol. The number of pyridine rings is 1. The Bertz CT molecular complexity index is 948. The summed E-state index contributed by atoms with van der Waals surface area (Å²) in [7, 11) is 3.38. The van der Waals surface area contributed by atoms with Gasteiger partial charge in [0.05, 0.1) is 22.9 Å². The molecule has 3 aromatic rings. The second-order valence-electron chi connectivity index (χ2n) is 5.57. The molecular weight excluding hydrogens is 395 g/mol.